The molecule has 0 atom stereocenters. The molecule has 1 aromatic rings. The summed E-state index contributed by atoms with van der Waals surface area (Å²) in [7, 11) is 0. The molecule has 64 valence electrons. The number of nitro groups is 1. The van der Waals surface area contributed by atoms with Crippen molar-refractivity contribution < 1.29 is 10.1 Å². The Balaban J connectivity index is 0.000000354. The fraction of sp³-hybridized carbons (Fsp3) is 0. The van der Waals surface area contributed by atoms with Gasteiger partial charge in [0.05, 0.1) is 4.92 Å². The number of para-hydroxylation sites is 1. The Morgan fingerprint density at radius 2 is 1.75 bits per heavy atom. The Morgan fingerprint density at radius 3 is 2.00 bits per heavy atom. The van der Waals surface area contributed by atoms with Crippen LogP contribution in [0.15, 0.2) is 35.7 Å². The number of rotatable bonds is 1. The summed E-state index contributed by atoms with van der Waals surface area (Å²) < 4.78 is 0. The first-order valence-electron chi connectivity index (χ1n) is 2.88. The first-order valence-corrected chi connectivity index (χ1v) is 2.88. The predicted octanol–water partition coefficient (Wildman–Crippen LogP) is 1.74. The van der Waals surface area contributed by atoms with Crippen molar-refractivity contribution in [2.75, 3.05) is 0 Å². The third kappa shape index (κ3) is 3.94. The molecule has 1 rings (SSSR count). The number of hydrogen-bond acceptors (Lipinski definition) is 4. The monoisotopic (exact) mass is 170 g/mol. The molecule has 0 aliphatic rings. The molecule has 1 aromatic carbocycles. The van der Waals surface area contributed by atoms with Crippen molar-refractivity contribution >= 4 is 5.69 Å². The maximum Gasteiger partial charge on any atom is 0.269 e. The van der Waals surface area contributed by atoms with Crippen LogP contribution < -0.4 is 0 Å². The van der Waals surface area contributed by atoms with Crippen molar-refractivity contribution in [3.8, 4) is 0 Å². The van der Waals surface area contributed by atoms with Crippen molar-refractivity contribution in [3.05, 3.63) is 45.4 Å². The molecular formula is C6H6N2O4. The second kappa shape index (κ2) is 5.78. The number of non-ortho nitro benzene ring substituents is 1. The quantitative estimate of drug-likeness (QED) is 0.394. The largest absolute Gasteiger partial charge is 0.379 e. The van der Waals surface area contributed by atoms with E-state index in [2.05, 4.69) is 0 Å². The lowest BCUT2D eigenvalue weighted by Crippen LogP contribution is -1.84. The van der Waals surface area contributed by atoms with E-state index >= 15 is 0 Å². The minimum Gasteiger partial charge on any atom is -0.379 e. The van der Waals surface area contributed by atoms with Crippen LogP contribution in [0.5, 0.6) is 0 Å². The summed E-state index contributed by atoms with van der Waals surface area (Å²) in [6.45, 7) is 0. The Morgan fingerprint density at radius 1 is 1.33 bits per heavy atom. The molecule has 0 aliphatic carbocycles. The van der Waals surface area contributed by atoms with Gasteiger partial charge < -0.3 is 5.21 Å². The van der Waals surface area contributed by atoms with Gasteiger partial charge in [-0.3, -0.25) is 10.1 Å². The third-order valence-electron chi connectivity index (χ3n) is 0.967. The summed E-state index contributed by atoms with van der Waals surface area (Å²) in [4.78, 5) is 17.7. The summed E-state index contributed by atoms with van der Waals surface area (Å²) in [5, 5.41) is 17.9. The van der Waals surface area contributed by atoms with Crippen LogP contribution in [0.1, 0.15) is 0 Å². The molecule has 6 nitrogen and oxygen atoms in total. The Hall–Kier alpha value is -1.98. The van der Waals surface area contributed by atoms with Gasteiger partial charge in [0.1, 0.15) is 0 Å². The highest BCUT2D eigenvalue weighted by Crippen LogP contribution is 2.06. The van der Waals surface area contributed by atoms with Crippen LogP contribution in [-0.4, -0.2) is 10.1 Å². The zero-order chi connectivity index (χ0) is 9.40. The second-order valence-electron chi connectivity index (χ2n) is 1.67. The van der Waals surface area contributed by atoms with E-state index in [0.717, 1.165) is 0 Å². The van der Waals surface area contributed by atoms with Crippen LogP contribution in [-0.2, 0) is 0 Å². The Labute approximate surface area is 67.5 Å². The minimum atomic E-state index is -0.417. The van der Waals surface area contributed by atoms with Crippen LogP contribution in [0.3, 0.4) is 0 Å². The highest BCUT2D eigenvalue weighted by Gasteiger charge is 1.98. The molecule has 0 saturated carbocycles. The van der Waals surface area contributed by atoms with E-state index in [9.17, 15) is 10.1 Å². The van der Waals surface area contributed by atoms with Gasteiger partial charge in [-0.1, -0.05) is 18.2 Å². The fourth-order valence-electron chi connectivity index (χ4n) is 0.550. The van der Waals surface area contributed by atoms with Crippen molar-refractivity contribution in [3.63, 3.8) is 0 Å². The lowest BCUT2D eigenvalue weighted by atomic mass is 10.3. The summed E-state index contributed by atoms with van der Waals surface area (Å²) in [5.41, 5.74) is 0.137. The van der Waals surface area contributed by atoms with Crippen LogP contribution in [0.2, 0.25) is 0 Å². The maximum absolute atomic E-state index is 10.0. The van der Waals surface area contributed by atoms with E-state index in [-0.39, 0.29) is 5.69 Å². The average Bonchev–Trinajstić information content (AvgIpc) is 2.07. The van der Waals surface area contributed by atoms with E-state index in [1.807, 2.05) is 0 Å². The van der Waals surface area contributed by atoms with Gasteiger partial charge in [0, 0.05) is 12.1 Å². The summed E-state index contributed by atoms with van der Waals surface area (Å²) in [5.74, 6) is 0. The molecule has 12 heavy (non-hydrogen) atoms. The number of hydrogen-bond donors (Lipinski definition) is 1. The molecule has 0 saturated heterocycles. The molecule has 6 heteroatoms. The number of benzene rings is 1. The van der Waals surface area contributed by atoms with Crippen LogP contribution in [0, 0.1) is 15.0 Å². The lowest BCUT2D eigenvalue weighted by Gasteiger charge is -1.85. The molecule has 0 unspecified atom stereocenters. The molecule has 0 aromatic heterocycles. The molecule has 0 aliphatic heterocycles. The molecule has 0 radical (unpaired) electrons. The standard InChI is InChI=1S/C6H5NO2.HNO2/c8-7(9)6-4-2-1-3-5-6;2-1-3/h1-5H;(H,2,3). The molecule has 0 fully saturated rings. The van der Waals surface area contributed by atoms with Gasteiger partial charge in [-0.25, -0.2) is 0 Å². The van der Waals surface area contributed by atoms with Crippen LogP contribution >= 0.6 is 0 Å². The fourth-order valence-corrected chi connectivity index (χ4v) is 0.550. The first kappa shape index (κ1) is 10.0. The van der Waals surface area contributed by atoms with E-state index in [1.165, 1.54) is 17.5 Å². The van der Waals surface area contributed by atoms with E-state index < -0.39 is 4.92 Å². The molecule has 1 N–H and O–H groups in total. The topological polar surface area (TPSA) is 92.8 Å². The van der Waals surface area contributed by atoms with Gasteiger partial charge >= 0.3 is 0 Å². The van der Waals surface area contributed by atoms with Crippen LogP contribution in [0.4, 0.5) is 5.69 Å². The summed E-state index contributed by atoms with van der Waals surface area (Å²) in [6, 6.07) is 7.93. The second-order valence-corrected chi connectivity index (χ2v) is 1.67. The Kier molecular flexibility index (Phi) is 4.83. The highest BCUT2D eigenvalue weighted by atomic mass is 16.6. The predicted molar refractivity (Wildman–Crippen MR) is 40.7 cm³/mol. The molecule has 0 spiro atoms. The van der Waals surface area contributed by atoms with Gasteiger partial charge in [0.2, 0.25) is 0 Å². The third-order valence-corrected chi connectivity index (χ3v) is 0.967. The normalized spacial score (nSPS) is 7.67. The molecular weight excluding hydrogens is 164 g/mol. The van der Waals surface area contributed by atoms with E-state index in [1.54, 1.807) is 18.2 Å². The number of nitro benzene ring substituents is 1. The zero-order valence-electron chi connectivity index (χ0n) is 5.95. The average molecular weight is 170 g/mol. The smallest absolute Gasteiger partial charge is 0.269 e. The van der Waals surface area contributed by atoms with E-state index in [4.69, 9.17) is 10.1 Å². The molecule has 0 amide bonds. The van der Waals surface area contributed by atoms with Gasteiger partial charge in [0.15, 0.2) is 5.34 Å². The minimum absolute atomic E-state index is 0.137. The van der Waals surface area contributed by atoms with E-state index in [0.29, 0.717) is 0 Å². The van der Waals surface area contributed by atoms with Gasteiger partial charge in [-0.05, 0) is 0 Å². The van der Waals surface area contributed by atoms with Crippen molar-refractivity contribution in [1.29, 1.82) is 0 Å². The van der Waals surface area contributed by atoms with Gasteiger partial charge in [-0.2, -0.15) is 0 Å². The number of nitrogens with zero attached hydrogens (tertiary/aromatic N) is 2. The Bertz CT molecular complexity index is 249. The molecule has 0 heterocycles. The zero-order valence-corrected chi connectivity index (χ0v) is 5.95. The first-order chi connectivity index (χ1) is 5.72. The van der Waals surface area contributed by atoms with Crippen molar-refractivity contribution in [2.45, 2.75) is 0 Å². The summed E-state index contributed by atoms with van der Waals surface area (Å²) >= 11 is 0. The lowest BCUT2D eigenvalue weighted by molar-refractivity contribution is -0.384. The van der Waals surface area contributed by atoms with Crippen molar-refractivity contribution in [1.82, 2.24) is 0 Å². The SMILES string of the molecule is O=NO.O=[N+]([O-])c1ccccc1. The van der Waals surface area contributed by atoms with Crippen molar-refractivity contribution in [2.24, 2.45) is 5.34 Å². The summed E-state index contributed by atoms with van der Waals surface area (Å²) in [6.07, 6.45) is 0. The molecule has 0 bridgehead atoms. The maximum atomic E-state index is 10.0. The van der Waals surface area contributed by atoms with Gasteiger partial charge in [-0.15, -0.1) is 4.91 Å². The van der Waals surface area contributed by atoms with Crippen LogP contribution in [0.25, 0.3) is 0 Å². The van der Waals surface area contributed by atoms with Gasteiger partial charge in [0.25, 0.3) is 5.69 Å². The highest BCUT2D eigenvalue weighted by molar-refractivity contribution is 5.27.